The Morgan fingerprint density at radius 2 is 1.94 bits per heavy atom. The van der Waals surface area contributed by atoms with E-state index in [0.29, 0.717) is 0 Å². The van der Waals surface area contributed by atoms with E-state index in [4.69, 9.17) is 10.3 Å². The average molecular weight is 230 g/mol. The van der Waals surface area contributed by atoms with Crippen molar-refractivity contribution in [3.63, 3.8) is 0 Å². The minimum absolute atomic E-state index is 0.0925. The molecule has 0 aliphatic carbocycles. The molecule has 1 aromatic heterocycles. The van der Waals surface area contributed by atoms with Gasteiger partial charge in [-0.15, -0.1) is 0 Å². The predicted molar refractivity (Wildman–Crippen MR) is 68.4 cm³/mol. The lowest BCUT2D eigenvalue weighted by Gasteiger charge is -2.15. The number of hydrazine groups is 1. The SMILES string of the molecule is Cc1cc(C)cc(CC(NN)c2ccoc2)c1. The maximum atomic E-state index is 5.60. The van der Waals surface area contributed by atoms with Crippen molar-refractivity contribution in [1.29, 1.82) is 0 Å². The van der Waals surface area contributed by atoms with Gasteiger partial charge in [-0.1, -0.05) is 29.3 Å². The number of nitrogens with one attached hydrogen (secondary N) is 1. The maximum absolute atomic E-state index is 5.60. The van der Waals surface area contributed by atoms with Crippen LogP contribution in [0.2, 0.25) is 0 Å². The largest absolute Gasteiger partial charge is 0.472 e. The number of hydrogen-bond acceptors (Lipinski definition) is 3. The molecule has 1 aromatic carbocycles. The second kappa shape index (κ2) is 5.17. The van der Waals surface area contributed by atoms with Crippen LogP contribution in [0.4, 0.5) is 0 Å². The van der Waals surface area contributed by atoms with Crippen molar-refractivity contribution in [2.75, 3.05) is 0 Å². The van der Waals surface area contributed by atoms with Gasteiger partial charge in [0.2, 0.25) is 0 Å². The van der Waals surface area contributed by atoms with Crippen molar-refractivity contribution < 1.29 is 4.42 Å². The van der Waals surface area contributed by atoms with Gasteiger partial charge in [-0.05, 0) is 31.9 Å². The summed E-state index contributed by atoms with van der Waals surface area (Å²) >= 11 is 0. The smallest absolute Gasteiger partial charge is 0.0950 e. The summed E-state index contributed by atoms with van der Waals surface area (Å²) in [5.74, 6) is 5.60. The Balaban J connectivity index is 2.18. The Bertz CT molecular complexity index is 457. The Kier molecular flexibility index (Phi) is 3.61. The zero-order chi connectivity index (χ0) is 12.3. The van der Waals surface area contributed by atoms with Crippen LogP contribution in [0.25, 0.3) is 0 Å². The third kappa shape index (κ3) is 2.96. The zero-order valence-corrected chi connectivity index (χ0v) is 10.2. The minimum atomic E-state index is 0.0925. The van der Waals surface area contributed by atoms with E-state index in [9.17, 15) is 0 Å². The second-order valence-electron chi connectivity index (χ2n) is 4.48. The first-order chi connectivity index (χ1) is 8.19. The van der Waals surface area contributed by atoms with Crippen LogP contribution in [0.5, 0.6) is 0 Å². The van der Waals surface area contributed by atoms with Gasteiger partial charge < -0.3 is 4.42 Å². The van der Waals surface area contributed by atoms with Gasteiger partial charge in [-0.2, -0.15) is 0 Å². The molecule has 1 unspecified atom stereocenters. The summed E-state index contributed by atoms with van der Waals surface area (Å²) in [6.07, 6.45) is 4.26. The second-order valence-corrected chi connectivity index (χ2v) is 4.48. The lowest BCUT2D eigenvalue weighted by atomic mass is 9.98. The van der Waals surface area contributed by atoms with Gasteiger partial charge in [0, 0.05) is 5.56 Å². The molecule has 3 N–H and O–H groups in total. The summed E-state index contributed by atoms with van der Waals surface area (Å²) in [7, 11) is 0. The molecule has 0 spiro atoms. The third-order valence-electron chi connectivity index (χ3n) is 2.87. The molecule has 2 rings (SSSR count). The number of aryl methyl sites for hydroxylation is 2. The molecule has 3 nitrogen and oxygen atoms in total. The van der Waals surface area contributed by atoms with Crippen molar-refractivity contribution in [2.24, 2.45) is 5.84 Å². The van der Waals surface area contributed by atoms with E-state index in [0.717, 1.165) is 12.0 Å². The van der Waals surface area contributed by atoms with Crippen LogP contribution in [0, 0.1) is 13.8 Å². The van der Waals surface area contributed by atoms with E-state index in [-0.39, 0.29) is 6.04 Å². The van der Waals surface area contributed by atoms with Crippen LogP contribution in [0.3, 0.4) is 0 Å². The van der Waals surface area contributed by atoms with Crippen LogP contribution in [-0.4, -0.2) is 0 Å². The summed E-state index contributed by atoms with van der Waals surface area (Å²) in [6, 6.07) is 8.59. The molecule has 2 aromatic rings. The van der Waals surface area contributed by atoms with Crippen LogP contribution >= 0.6 is 0 Å². The first kappa shape index (κ1) is 11.9. The van der Waals surface area contributed by atoms with Gasteiger partial charge in [0.1, 0.15) is 0 Å². The van der Waals surface area contributed by atoms with E-state index >= 15 is 0 Å². The van der Waals surface area contributed by atoms with E-state index in [1.807, 2.05) is 6.07 Å². The van der Waals surface area contributed by atoms with Crippen molar-refractivity contribution in [2.45, 2.75) is 26.3 Å². The average Bonchev–Trinajstić information content (AvgIpc) is 2.77. The van der Waals surface area contributed by atoms with Crippen LogP contribution in [0.15, 0.2) is 41.2 Å². The molecule has 1 atom stereocenters. The molecule has 0 saturated heterocycles. The molecule has 0 saturated carbocycles. The summed E-state index contributed by atoms with van der Waals surface area (Å²) in [5.41, 5.74) is 7.75. The van der Waals surface area contributed by atoms with Gasteiger partial charge in [0.05, 0.1) is 18.6 Å². The molecule has 0 amide bonds. The van der Waals surface area contributed by atoms with Crippen molar-refractivity contribution >= 4 is 0 Å². The highest BCUT2D eigenvalue weighted by molar-refractivity contribution is 5.30. The molecular formula is C14H18N2O. The van der Waals surface area contributed by atoms with Gasteiger partial charge in [0.15, 0.2) is 0 Å². The lowest BCUT2D eigenvalue weighted by Crippen LogP contribution is -2.29. The molecule has 0 aliphatic heterocycles. The highest BCUT2D eigenvalue weighted by Gasteiger charge is 2.11. The van der Waals surface area contributed by atoms with Gasteiger partial charge in [-0.3, -0.25) is 11.3 Å². The van der Waals surface area contributed by atoms with Crippen LogP contribution in [0.1, 0.15) is 28.3 Å². The third-order valence-corrected chi connectivity index (χ3v) is 2.87. The number of benzene rings is 1. The van der Waals surface area contributed by atoms with E-state index in [1.165, 1.54) is 16.7 Å². The topological polar surface area (TPSA) is 51.2 Å². The molecule has 1 heterocycles. The van der Waals surface area contributed by atoms with Gasteiger partial charge in [-0.25, -0.2) is 0 Å². The van der Waals surface area contributed by atoms with Crippen molar-refractivity contribution in [3.8, 4) is 0 Å². The predicted octanol–water partition coefficient (Wildman–Crippen LogP) is 2.64. The monoisotopic (exact) mass is 230 g/mol. The van der Waals surface area contributed by atoms with E-state index < -0.39 is 0 Å². The van der Waals surface area contributed by atoms with Gasteiger partial charge >= 0.3 is 0 Å². The summed E-state index contributed by atoms with van der Waals surface area (Å²) in [5, 5.41) is 0. The van der Waals surface area contributed by atoms with Crippen LogP contribution < -0.4 is 11.3 Å². The molecule has 0 radical (unpaired) electrons. The van der Waals surface area contributed by atoms with E-state index in [1.54, 1.807) is 12.5 Å². The number of furan rings is 1. The molecule has 90 valence electrons. The fourth-order valence-corrected chi connectivity index (χ4v) is 2.17. The Labute approximate surface area is 102 Å². The summed E-state index contributed by atoms with van der Waals surface area (Å²) < 4.78 is 5.09. The first-order valence-corrected chi connectivity index (χ1v) is 5.74. The quantitative estimate of drug-likeness (QED) is 0.627. The molecule has 0 bridgehead atoms. The fourth-order valence-electron chi connectivity index (χ4n) is 2.17. The highest BCUT2D eigenvalue weighted by Crippen LogP contribution is 2.19. The van der Waals surface area contributed by atoms with Crippen molar-refractivity contribution in [3.05, 3.63) is 59.0 Å². The molecule has 17 heavy (non-hydrogen) atoms. The maximum Gasteiger partial charge on any atom is 0.0950 e. The number of hydrogen-bond donors (Lipinski definition) is 2. The standard InChI is InChI=1S/C14H18N2O/c1-10-5-11(2)7-12(6-10)8-14(16-15)13-3-4-17-9-13/h3-7,9,14,16H,8,15H2,1-2H3. The lowest BCUT2D eigenvalue weighted by molar-refractivity contribution is 0.525. The summed E-state index contributed by atoms with van der Waals surface area (Å²) in [6.45, 7) is 4.22. The highest BCUT2D eigenvalue weighted by atomic mass is 16.3. The molecule has 0 fully saturated rings. The van der Waals surface area contributed by atoms with Crippen molar-refractivity contribution in [1.82, 2.24) is 5.43 Å². The van der Waals surface area contributed by atoms with Gasteiger partial charge in [0.25, 0.3) is 0 Å². The fraction of sp³-hybridized carbons (Fsp3) is 0.286. The molecular weight excluding hydrogens is 212 g/mol. The minimum Gasteiger partial charge on any atom is -0.472 e. The van der Waals surface area contributed by atoms with Crippen LogP contribution in [-0.2, 0) is 6.42 Å². The number of nitrogens with two attached hydrogens (primary N) is 1. The normalized spacial score (nSPS) is 12.6. The Morgan fingerprint density at radius 1 is 1.24 bits per heavy atom. The molecule has 0 aliphatic rings. The Hall–Kier alpha value is -1.58. The zero-order valence-electron chi connectivity index (χ0n) is 10.2. The van der Waals surface area contributed by atoms with E-state index in [2.05, 4.69) is 37.5 Å². The Morgan fingerprint density at radius 3 is 2.47 bits per heavy atom. The number of rotatable bonds is 4. The molecule has 3 heteroatoms. The summed E-state index contributed by atoms with van der Waals surface area (Å²) in [4.78, 5) is 0. The first-order valence-electron chi connectivity index (χ1n) is 5.74.